The van der Waals surface area contributed by atoms with Crippen molar-refractivity contribution in [2.24, 2.45) is 0 Å². The van der Waals surface area contributed by atoms with Crippen molar-refractivity contribution in [3.63, 3.8) is 0 Å². The van der Waals surface area contributed by atoms with Gasteiger partial charge in [0.2, 0.25) is 0 Å². The number of pyridine rings is 1. The zero-order valence-corrected chi connectivity index (χ0v) is 12.5. The summed E-state index contributed by atoms with van der Waals surface area (Å²) in [4.78, 5) is 4.49. The van der Waals surface area contributed by atoms with Crippen molar-refractivity contribution in [3.05, 3.63) is 34.9 Å². The van der Waals surface area contributed by atoms with Crippen molar-refractivity contribution in [2.45, 2.75) is 31.4 Å². The van der Waals surface area contributed by atoms with Gasteiger partial charge in [-0.05, 0) is 31.4 Å². The second-order valence-corrected chi connectivity index (χ2v) is 5.86. The highest BCUT2D eigenvalue weighted by Gasteiger charge is 2.24. The van der Waals surface area contributed by atoms with Gasteiger partial charge in [-0.2, -0.15) is 0 Å². The second-order valence-electron chi connectivity index (χ2n) is 5.01. The lowest BCUT2D eigenvalue weighted by molar-refractivity contribution is 0.108. The van der Waals surface area contributed by atoms with Gasteiger partial charge in [-0.3, -0.25) is 0 Å². The number of hydrogen-bond donors (Lipinski definition) is 1. The number of aromatic nitrogens is 1. The highest BCUT2D eigenvalue weighted by molar-refractivity contribution is 9.10. The van der Waals surface area contributed by atoms with E-state index in [1.165, 1.54) is 5.39 Å². The van der Waals surface area contributed by atoms with E-state index in [4.69, 9.17) is 4.74 Å². The summed E-state index contributed by atoms with van der Waals surface area (Å²) < 4.78 is 6.53. The van der Waals surface area contributed by atoms with Gasteiger partial charge < -0.3 is 10.1 Å². The Kier molecular flexibility index (Phi) is 3.71. The van der Waals surface area contributed by atoms with Crippen LogP contribution < -0.4 is 5.32 Å². The normalized spacial score (nSPS) is 22.8. The Morgan fingerprint density at radius 3 is 2.95 bits per heavy atom. The number of rotatable bonds is 3. The molecule has 1 fully saturated rings. The average molecular weight is 321 g/mol. The van der Waals surface area contributed by atoms with Crippen molar-refractivity contribution in [2.75, 3.05) is 12.4 Å². The van der Waals surface area contributed by atoms with Gasteiger partial charge >= 0.3 is 0 Å². The molecule has 4 heteroatoms. The maximum Gasteiger partial charge on any atom is 0.134 e. The molecule has 1 N–H and O–H groups in total. The van der Waals surface area contributed by atoms with Crippen LogP contribution in [0.5, 0.6) is 0 Å². The molecule has 1 heterocycles. The molecule has 1 saturated carbocycles. The first-order chi connectivity index (χ1) is 9.28. The number of anilines is 1. The fourth-order valence-corrected chi connectivity index (χ4v) is 3.26. The van der Waals surface area contributed by atoms with Gasteiger partial charge in [-0.15, -0.1) is 0 Å². The van der Waals surface area contributed by atoms with Crippen LogP contribution in [0.2, 0.25) is 0 Å². The SMILES string of the molecule is COC1CCC(Nc2nccc3c(Br)cccc23)C1. The van der Waals surface area contributed by atoms with Crippen LogP contribution in [0, 0.1) is 0 Å². The van der Waals surface area contributed by atoms with Crippen molar-refractivity contribution < 1.29 is 4.74 Å². The molecule has 2 unspecified atom stereocenters. The highest BCUT2D eigenvalue weighted by Crippen LogP contribution is 2.30. The molecule has 2 atom stereocenters. The third-order valence-electron chi connectivity index (χ3n) is 3.81. The maximum atomic E-state index is 5.42. The van der Waals surface area contributed by atoms with Crippen LogP contribution >= 0.6 is 15.9 Å². The third-order valence-corrected chi connectivity index (χ3v) is 4.50. The molecular formula is C15H17BrN2O. The number of halogens is 1. The van der Waals surface area contributed by atoms with E-state index in [0.717, 1.165) is 34.9 Å². The summed E-state index contributed by atoms with van der Waals surface area (Å²) in [5.74, 6) is 0.973. The van der Waals surface area contributed by atoms with Crippen molar-refractivity contribution in [1.82, 2.24) is 4.98 Å². The Hall–Kier alpha value is -1.13. The van der Waals surface area contributed by atoms with E-state index in [0.29, 0.717) is 12.1 Å². The zero-order valence-electron chi connectivity index (χ0n) is 10.9. The summed E-state index contributed by atoms with van der Waals surface area (Å²) in [6.45, 7) is 0. The summed E-state index contributed by atoms with van der Waals surface area (Å²) >= 11 is 3.59. The molecule has 3 nitrogen and oxygen atoms in total. The summed E-state index contributed by atoms with van der Waals surface area (Å²) in [5.41, 5.74) is 0. The van der Waals surface area contributed by atoms with Crippen molar-refractivity contribution >= 4 is 32.5 Å². The molecule has 100 valence electrons. The first-order valence-corrected chi connectivity index (χ1v) is 7.40. The van der Waals surface area contributed by atoms with Gasteiger partial charge in [0, 0.05) is 34.6 Å². The Balaban J connectivity index is 1.87. The Morgan fingerprint density at radius 2 is 2.16 bits per heavy atom. The minimum atomic E-state index is 0.388. The van der Waals surface area contributed by atoms with Crippen LogP contribution in [0.15, 0.2) is 34.9 Å². The molecule has 3 rings (SSSR count). The fourth-order valence-electron chi connectivity index (χ4n) is 2.76. The topological polar surface area (TPSA) is 34.1 Å². The number of fused-ring (bicyclic) bond motifs is 1. The number of nitrogens with one attached hydrogen (secondary N) is 1. The van der Waals surface area contributed by atoms with Crippen molar-refractivity contribution in [1.29, 1.82) is 0 Å². The van der Waals surface area contributed by atoms with Gasteiger partial charge in [0.05, 0.1) is 6.10 Å². The number of benzene rings is 1. The molecule has 1 aliphatic rings. The number of hydrogen-bond acceptors (Lipinski definition) is 3. The molecule has 0 spiro atoms. The largest absolute Gasteiger partial charge is 0.381 e. The van der Waals surface area contributed by atoms with Gasteiger partial charge in [0.1, 0.15) is 5.82 Å². The number of ether oxygens (including phenoxy) is 1. The molecule has 1 aromatic heterocycles. The first kappa shape index (κ1) is 12.9. The minimum absolute atomic E-state index is 0.388. The van der Waals surface area contributed by atoms with E-state index >= 15 is 0 Å². The summed E-state index contributed by atoms with van der Waals surface area (Å²) in [7, 11) is 1.79. The van der Waals surface area contributed by atoms with Crippen LogP contribution in [-0.4, -0.2) is 24.2 Å². The monoisotopic (exact) mass is 320 g/mol. The Morgan fingerprint density at radius 1 is 1.26 bits per heavy atom. The molecule has 0 aliphatic heterocycles. The smallest absolute Gasteiger partial charge is 0.134 e. The van der Waals surface area contributed by atoms with Crippen LogP contribution in [0.1, 0.15) is 19.3 Å². The molecule has 1 aromatic carbocycles. The molecule has 1 aliphatic carbocycles. The van der Waals surface area contributed by atoms with E-state index in [-0.39, 0.29) is 0 Å². The van der Waals surface area contributed by atoms with Gasteiger partial charge in [0.15, 0.2) is 0 Å². The summed E-state index contributed by atoms with van der Waals surface area (Å²) in [6, 6.07) is 8.71. The summed E-state index contributed by atoms with van der Waals surface area (Å²) in [5, 5.41) is 5.92. The van der Waals surface area contributed by atoms with E-state index in [9.17, 15) is 0 Å². The van der Waals surface area contributed by atoms with E-state index in [1.807, 2.05) is 18.3 Å². The zero-order chi connectivity index (χ0) is 13.2. The lowest BCUT2D eigenvalue weighted by atomic mass is 10.1. The molecule has 0 amide bonds. The predicted octanol–water partition coefficient (Wildman–Crippen LogP) is 3.98. The maximum absolute atomic E-state index is 5.42. The molecule has 2 aromatic rings. The average Bonchev–Trinajstić information content (AvgIpc) is 2.88. The van der Waals surface area contributed by atoms with Crippen LogP contribution in [-0.2, 0) is 4.74 Å². The third kappa shape index (κ3) is 2.60. The van der Waals surface area contributed by atoms with Gasteiger partial charge in [-0.1, -0.05) is 28.1 Å². The van der Waals surface area contributed by atoms with E-state index in [2.05, 4.69) is 38.4 Å². The fraction of sp³-hybridized carbons (Fsp3) is 0.400. The lowest BCUT2D eigenvalue weighted by Crippen LogP contribution is -2.18. The molecular weight excluding hydrogens is 304 g/mol. The van der Waals surface area contributed by atoms with Crippen LogP contribution in [0.25, 0.3) is 10.8 Å². The van der Waals surface area contributed by atoms with Gasteiger partial charge in [0.25, 0.3) is 0 Å². The molecule has 19 heavy (non-hydrogen) atoms. The summed E-state index contributed by atoms with van der Waals surface area (Å²) in [6.07, 6.45) is 5.58. The first-order valence-electron chi connectivity index (χ1n) is 6.60. The molecule has 0 radical (unpaired) electrons. The van der Waals surface area contributed by atoms with Crippen LogP contribution in [0.3, 0.4) is 0 Å². The van der Waals surface area contributed by atoms with Crippen molar-refractivity contribution in [3.8, 4) is 0 Å². The Labute approximate surface area is 121 Å². The number of nitrogens with zero attached hydrogens (tertiary/aromatic N) is 1. The molecule has 0 bridgehead atoms. The highest BCUT2D eigenvalue weighted by atomic mass is 79.9. The number of methoxy groups -OCH3 is 1. The van der Waals surface area contributed by atoms with Crippen LogP contribution in [0.4, 0.5) is 5.82 Å². The lowest BCUT2D eigenvalue weighted by Gasteiger charge is -2.15. The van der Waals surface area contributed by atoms with E-state index in [1.54, 1.807) is 7.11 Å². The Bertz CT molecular complexity index is 587. The quantitative estimate of drug-likeness (QED) is 0.928. The standard InChI is InChI=1S/C15H17BrN2O/c1-19-11-6-5-10(9-11)18-15-13-3-2-4-14(16)12(13)7-8-17-15/h2-4,7-8,10-11H,5-6,9H2,1H3,(H,17,18). The van der Waals surface area contributed by atoms with Gasteiger partial charge in [-0.25, -0.2) is 4.98 Å². The van der Waals surface area contributed by atoms with E-state index < -0.39 is 0 Å². The minimum Gasteiger partial charge on any atom is -0.381 e. The predicted molar refractivity (Wildman–Crippen MR) is 81.5 cm³/mol. The second kappa shape index (κ2) is 5.47. The molecule has 0 saturated heterocycles.